The van der Waals surface area contributed by atoms with Gasteiger partial charge in [-0.25, -0.2) is 0 Å². The van der Waals surface area contributed by atoms with Crippen LogP contribution in [-0.2, 0) is 27.4 Å². The van der Waals surface area contributed by atoms with Gasteiger partial charge >= 0.3 is 0 Å². The molecule has 1 atom stereocenters. The highest BCUT2D eigenvalue weighted by molar-refractivity contribution is 5.85. The third-order valence-electron chi connectivity index (χ3n) is 5.52. The Hall–Kier alpha value is -2.60. The average Bonchev–Trinajstić information content (AvgIpc) is 3.38. The molecule has 2 amide bonds. The van der Waals surface area contributed by atoms with Crippen molar-refractivity contribution in [3.8, 4) is 0 Å². The number of amides is 2. The summed E-state index contributed by atoms with van der Waals surface area (Å²) in [5.41, 5.74) is 0.889. The molecular weight excluding hydrogens is 404 g/mol. The zero-order valence-corrected chi connectivity index (χ0v) is 19.8. The summed E-state index contributed by atoms with van der Waals surface area (Å²) in [6.07, 6.45) is 2.32. The maximum atomic E-state index is 13.5. The summed E-state index contributed by atoms with van der Waals surface area (Å²) in [6.45, 7) is 10.1. The molecule has 1 aliphatic rings. The molecule has 174 valence electrons. The standard InChI is InChI=1S/C26H36N2O4/c1-20-12-13-23(32-20)18-27(16-21-9-6-5-7-10-21)25(30)19-28(17-22-11-8-14-31-22)24(29)15-26(2,3)4/h5-7,9-10,12-13,22H,8,11,14-19H2,1-4H3. The molecule has 0 aliphatic carbocycles. The van der Waals surface area contributed by atoms with Crippen LogP contribution >= 0.6 is 0 Å². The van der Waals surface area contributed by atoms with E-state index in [-0.39, 0.29) is 29.9 Å². The molecule has 1 aliphatic heterocycles. The highest BCUT2D eigenvalue weighted by Crippen LogP contribution is 2.22. The van der Waals surface area contributed by atoms with E-state index >= 15 is 0 Å². The molecule has 1 aromatic carbocycles. The van der Waals surface area contributed by atoms with E-state index in [4.69, 9.17) is 9.15 Å². The quantitative estimate of drug-likeness (QED) is 0.573. The Balaban J connectivity index is 1.76. The monoisotopic (exact) mass is 440 g/mol. The summed E-state index contributed by atoms with van der Waals surface area (Å²) in [7, 11) is 0. The third-order valence-corrected chi connectivity index (χ3v) is 5.52. The molecule has 0 radical (unpaired) electrons. The first-order valence-electron chi connectivity index (χ1n) is 11.5. The number of ether oxygens (including phenoxy) is 1. The van der Waals surface area contributed by atoms with Crippen LogP contribution in [0.25, 0.3) is 0 Å². The number of furan rings is 1. The fraction of sp³-hybridized carbons (Fsp3) is 0.538. The second-order valence-corrected chi connectivity index (χ2v) is 9.89. The lowest BCUT2D eigenvalue weighted by atomic mass is 9.91. The SMILES string of the molecule is Cc1ccc(CN(Cc2ccccc2)C(=O)CN(CC2CCCO2)C(=O)CC(C)(C)C)o1. The van der Waals surface area contributed by atoms with Crippen LogP contribution in [0.5, 0.6) is 0 Å². The van der Waals surface area contributed by atoms with Gasteiger partial charge in [0.15, 0.2) is 0 Å². The van der Waals surface area contributed by atoms with Gasteiger partial charge < -0.3 is 19.0 Å². The van der Waals surface area contributed by atoms with E-state index in [9.17, 15) is 9.59 Å². The Kier molecular flexibility index (Phi) is 8.13. The predicted octanol–water partition coefficient (Wildman–Crippen LogP) is 4.56. The summed E-state index contributed by atoms with van der Waals surface area (Å²) < 4.78 is 11.5. The van der Waals surface area contributed by atoms with Crippen LogP contribution in [0.3, 0.4) is 0 Å². The molecule has 0 N–H and O–H groups in total. The Morgan fingerprint density at radius 3 is 2.34 bits per heavy atom. The molecule has 3 rings (SSSR count). The fourth-order valence-electron chi connectivity index (χ4n) is 3.91. The highest BCUT2D eigenvalue weighted by Gasteiger charge is 2.29. The minimum Gasteiger partial charge on any atom is -0.464 e. The minimum atomic E-state index is -0.148. The zero-order valence-electron chi connectivity index (χ0n) is 19.8. The molecule has 1 fully saturated rings. The first-order valence-corrected chi connectivity index (χ1v) is 11.5. The number of rotatable bonds is 9. The molecular formula is C26H36N2O4. The van der Waals surface area contributed by atoms with Crippen molar-refractivity contribution in [1.82, 2.24) is 9.80 Å². The van der Waals surface area contributed by atoms with Crippen molar-refractivity contribution in [3.05, 3.63) is 59.5 Å². The van der Waals surface area contributed by atoms with Crippen molar-refractivity contribution in [3.63, 3.8) is 0 Å². The molecule has 1 saturated heterocycles. The van der Waals surface area contributed by atoms with E-state index in [1.54, 1.807) is 9.80 Å². The second kappa shape index (κ2) is 10.8. The summed E-state index contributed by atoms with van der Waals surface area (Å²) in [4.78, 5) is 30.0. The van der Waals surface area contributed by atoms with Crippen LogP contribution < -0.4 is 0 Å². The lowest BCUT2D eigenvalue weighted by Crippen LogP contribution is -2.46. The molecule has 0 spiro atoms. The maximum Gasteiger partial charge on any atom is 0.242 e. The van der Waals surface area contributed by atoms with Gasteiger partial charge in [-0.05, 0) is 42.9 Å². The van der Waals surface area contributed by atoms with Crippen molar-refractivity contribution < 1.29 is 18.7 Å². The lowest BCUT2D eigenvalue weighted by molar-refractivity contribution is -0.143. The Morgan fingerprint density at radius 1 is 1.00 bits per heavy atom. The van der Waals surface area contributed by atoms with Crippen molar-refractivity contribution in [2.45, 2.75) is 66.2 Å². The smallest absolute Gasteiger partial charge is 0.242 e. The highest BCUT2D eigenvalue weighted by atomic mass is 16.5. The van der Waals surface area contributed by atoms with Crippen LogP contribution in [-0.4, -0.2) is 47.4 Å². The summed E-state index contributed by atoms with van der Waals surface area (Å²) in [5, 5.41) is 0. The molecule has 6 nitrogen and oxygen atoms in total. The minimum absolute atomic E-state index is 0.00187. The number of benzene rings is 1. The van der Waals surface area contributed by atoms with Crippen LogP contribution in [0.4, 0.5) is 0 Å². The van der Waals surface area contributed by atoms with E-state index in [1.165, 1.54) is 0 Å². The van der Waals surface area contributed by atoms with Crippen molar-refractivity contribution in [2.75, 3.05) is 19.7 Å². The maximum absolute atomic E-state index is 13.5. The molecule has 1 aromatic heterocycles. The molecule has 32 heavy (non-hydrogen) atoms. The van der Waals surface area contributed by atoms with Gasteiger partial charge in [0.25, 0.3) is 0 Å². The Morgan fingerprint density at radius 2 is 1.75 bits per heavy atom. The second-order valence-electron chi connectivity index (χ2n) is 9.89. The van der Waals surface area contributed by atoms with Crippen LogP contribution in [0.2, 0.25) is 0 Å². The van der Waals surface area contributed by atoms with Gasteiger partial charge in [-0.1, -0.05) is 51.1 Å². The topological polar surface area (TPSA) is 63.0 Å². The molecule has 1 unspecified atom stereocenters. The first-order chi connectivity index (χ1) is 15.2. The molecule has 0 saturated carbocycles. The van der Waals surface area contributed by atoms with E-state index in [0.717, 1.165) is 36.5 Å². The molecule has 0 bridgehead atoms. The summed E-state index contributed by atoms with van der Waals surface area (Å²) >= 11 is 0. The molecule has 2 aromatic rings. The van der Waals surface area contributed by atoms with E-state index in [2.05, 4.69) is 0 Å². The number of aryl methyl sites for hydroxylation is 1. The van der Waals surface area contributed by atoms with Crippen molar-refractivity contribution >= 4 is 11.8 Å². The Labute approximate surface area is 191 Å². The van der Waals surface area contributed by atoms with E-state index < -0.39 is 0 Å². The van der Waals surface area contributed by atoms with E-state index in [0.29, 0.717) is 26.1 Å². The number of nitrogens with zero attached hydrogens (tertiary/aromatic N) is 2. The number of carbonyl (C=O) groups is 2. The molecule has 6 heteroatoms. The van der Waals surface area contributed by atoms with Gasteiger partial charge in [0.2, 0.25) is 11.8 Å². The van der Waals surface area contributed by atoms with Gasteiger partial charge in [0, 0.05) is 26.1 Å². The van der Waals surface area contributed by atoms with Gasteiger partial charge in [0.1, 0.15) is 11.5 Å². The zero-order chi connectivity index (χ0) is 23.1. The number of carbonyl (C=O) groups excluding carboxylic acids is 2. The summed E-state index contributed by atoms with van der Waals surface area (Å²) in [5.74, 6) is 1.45. The normalized spacial score (nSPS) is 16.2. The molecule has 2 heterocycles. The van der Waals surface area contributed by atoms with Crippen LogP contribution in [0.1, 0.15) is 57.1 Å². The number of hydrogen-bond acceptors (Lipinski definition) is 4. The average molecular weight is 441 g/mol. The van der Waals surface area contributed by atoms with Crippen molar-refractivity contribution in [2.24, 2.45) is 5.41 Å². The Bertz CT molecular complexity index is 879. The van der Waals surface area contributed by atoms with Gasteiger partial charge in [0.05, 0.1) is 19.2 Å². The van der Waals surface area contributed by atoms with Crippen LogP contribution in [0.15, 0.2) is 46.9 Å². The third kappa shape index (κ3) is 7.52. The largest absolute Gasteiger partial charge is 0.464 e. The van der Waals surface area contributed by atoms with Crippen molar-refractivity contribution in [1.29, 1.82) is 0 Å². The first kappa shape index (κ1) is 24.1. The number of hydrogen-bond donors (Lipinski definition) is 0. The lowest BCUT2D eigenvalue weighted by Gasteiger charge is -2.30. The summed E-state index contributed by atoms with van der Waals surface area (Å²) in [6, 6.07) is 13.7. The van der Waals surface area contributed by atoms with Gasteiger partial charge in [-0.15, -0.1) is 0 Å². The predicted molar refractivity (Wildman–Crippen MR) is 124 cm³/mol. The fourth-order valence-corrected chi connectivity index (χ4v) is 3.91. The van der Waals surface area contributed by atoms with Crippen LogP contribution in [0, 0.1) is 12.3 Å². The van der Waals surface area contributed by atoms with Gasteiger partial charge in [-0.2, -0.15) is 0 Å². The van der Waals surface area contributed by atoms with Gasteiger partial charge in [-0.3, -0.25) is 9.59 Å². The van der Waals surface area contributed by atoms with E-state index in [1.807, 2.05) is 70.2 Å².